The highest BCUT2D eigenvalue weighted by atomic mass is 32.1. The van der Waals surface area contributed by atoms with Crippen molar-refractivity contribution in [1.82, 2.24) is 0 Å². The summed E-state index contributed by atoms with van der Waals surface area (Å²) < 4.78 is 0. The Labute approximate surface area is 200 Å². The zero-order valence-electron chi connectivity index (χ0n) is 18.8. The Morgan fingerprint density at radius 2 is 1.09 bits per heavy atom. The summed E-state index contributed by atoms with van der Waals surface area (Å²) in [6, 6.07) is 41.5. The first-order chi connectivity index (χ1) is 16.3. The zero-order valence-corrected chi connectivity index (χ0v) is 19.6. The lowest BCUT2D eigenvalue weighted by Gasteiger charge is -2.26. The Balaban J connectivity index is 1.52. The molecule has 1 aromatic heterocycles. The van der Waals surface area contributed by atoms with Crippen molar-refractivity contribution >= 4 is 28.4 Å². The Morgan fingerprint density at radius 3 is 1.64 bits per heavy atom. The van der Waals surface area contributed by atoms with Crippen LogP contribution in [0.1, 0.15) is 18.9 Å². The molecule has 0 amide bonds. The van der Waals surface area contributed by atoms with Gasteiger partial charge in [0.25, 0.3) is 0 Å². The average molecular weight is 446 g/mol. The average Bonchev–Trinajstić information content (AvgIpc) is 3.42. The third-order valence-corrected chi connectivity index (χ3v) is 6.82. The van der Waals surface area contributed by atoms with Crippen molar-refractivity contribution in [3.05, 3.63) is 126 Å². The number of hydrogen-bond acceptors (Lipinski definition) is 2. The Bertz CT molecular complexity index is 1270. The van der Waals surface area contributed by atoms with Crippen LogP contribution in [0.25, 0.3) is 21.6 Å². The third kappa shape index (κ3) is 4.76. The molecular weight excluding hydrogens is 418 g/mol. The van der Waals surface area contributed by atoms with Gasteiger partial charge in [-0.15, -0.1) is 11.3 Å². The van der Waals surface area contributed by atoms with Gasteiger partial charge in [0.05, 0.1) is 0 Å². The smallest absolute Gasteiger partial charge is 0.0462 e. The molecule has 4 aromatic carbocycles. The van der Waals surface area contributed by atoms with Crippen molar-refractivity contribution in [1.29, 1.82) is 0 Å². The first-order valence-electron chi connectivity index (χ1n) is 11.5. The maximum absolute atomic E-state index is 2.34. The molecule has 0 aliphatic heterocycles. The second-order valence-electron chi connectivity index (χ2n) is 8.19. The van der Waals surface area contributed by atoms with Gasteiger partial charge in [0, 0.05) is 21.9 Å². The second kappa shape index (κ2) is 9.89. The summed E-state index contributed by atoms with van der Waals surface area (Å²) in [7, 11) is 0. The van der Waals surface area contributed by atoms with Crippen molar-refractivity contribution in [3.63, 3.8) is 0 Å². The van der Waals surface area contributed by atoms with Gasteiger partial charge >= 0.3 is 0 Å². The Hall–Kier alpha value is -3.62. The van der Waals surface area contributed by atoms with E-state index in [4.69, 9.17) is 0 Å². The van der Waals surface area contributed by atoms with E-state index >= 15 is 0 Å². The lowest BCUT2D eigenvalue weighted by atomic mass is 10.0. The van der Waals surface area contributed by atoms with Crippen molar-refractivity contribution in [2.45, 2.75) is 19.8 Å². The zero-order chi connectivity index (χ0) is 22.5. The molecular formula is C31H27NS. The van der Waals surface area contributed by atoms with Crippen LogP contribution in [0.5, 0.6) is 0 Å². The van der Waals surface area contributed by atoms with Crippen LogP contribution in [0.15, 0.2) is 121 Å². The second-order valence-corrected chi connectivity index (χ2v) is 9.14. The van der Waals surface area contributed by atoms with Gasteiger partial charge in [-0.05, 0) is 76.5 Å². The van der Waals surface area contributed by atoms with Crippen LogP contribution < -0.4 is 4.90 Å². The van der Waals surface area contributed by atoms with E-state index in [0.717, 1.165) is 24.2 Å². The van der Waals surface area contributed by atoms with E-state index in [-0.39, 0.29) is 0 Å². The lowest BCUT2D eigenvalue weighted by Crippen LogP contribution is -2.09. The van der Waals surface area contributed by atoms with Gasteiger partial charge in [-0.25, -0.2) is 0 Å². The minimum atomic E-state index is 1.11. The maximum Gasteiger partial charge on any atom is 0.0462 e. The number of anilines is 3. The number of nitrogens with zero attached hydrogens (tertiary/aromatic N) is 1. The van der Waals surface area contributed by atoms with E-state index in [1.165, 1.54) is 32.8 Å². The molecule has 0 aliphatic rings. The first-order valence-corrected chi connectivity index (χ1v) is 12.4. The molecule has 0 unspecified atom stereocenters. The van der Waals surface area contributed by atoms with Gasteiger partial charge < -0.3 is 4.90 Å². The van der Waals surface area contributed by atoms with Crippen LogP contribution in [-0.2, 0) is 6.42 Å². The van der Waals surface area contributed by atoms with Gasteiger partial charge in [0.2, 0.25) is 0 Å². The van der Waals surface area contributed by atoms with E-state index in [0.29, 0.717) is 0 Å². The third-order valence-electron chi connectivity index (χ3n) is 5.90. The largest absolute Gasteiger partial charge is 0.311 e. The highest BCUT2D eigenvalue weighted by molar-refractivity contribution is 7.13. The van der Waals surface area contributed by atoms with Gasteiger partial charge in [0.15, 0.2) is 0 Å². The van der Waals surface area contributed by atoms with Crippen LogP contribution >= 0.6 is 11.3 Å². The molecule has 0 fully saturated rings. The highest BCUT2D eigenvalue weighted by Gasteiger charge is 2.13. The topological polar surface area (TPSA) is 3.24 Å². The van der Waals surface area contributed by atoms with Gasteiger partial charge in [-0.2, -0.15) is 0 Å². The summed E-state index contributed by atoms with van der Waals surface area (Å²) in [4.78, 5) is 3.63. The molecule has 162 valence electrons. The highest BCUT2D eigenvalue weighted by Crippen LogP contribution is 2.37. The van der Waals surface area contributed by atoms with Crippen LogP contribution in [0.2, 0.25) is 0 Å². The maximum atomic E-state index is 2.34. The summed E-state index contributed by atoms with van der Waals surface area (Å²) in [5.41, 5.74) is 8.59. The Morgan fingerprint density at radius 1 is 0.545 bits per heavy atom. The van der Waals surface area contributed by atoms with Crippen molar-refractivity contribution in [2.75, 3.05) is 4.90 Å². The van der Waals surface area contributed by atoms with E-state index in [9.17, 15) is 0 Å². The predicted octanol–water partition coefficient (Wildman–Crippen LogP) is 9.50. The molecule has 0 saturated heterocycles. The summed E-state index contributed by atoms with van der Waals surface area (Å²) in [6.07, 6.45) is 2.27. The minimum Gasteiger partial charge on any atom is -0.311 e. The van der Waals surface area contributed by atoms with Crippen molar-refractivity contribution in [2.24, 2.45) is 0 Å². The molecule has 0 atom stereocenters. The van der Waals surface area contributed by atoms with E-state index in [1.54, 1.807) is 11.3 Å². The van der Waals surface area contributed by atoms with Crippen molar-refractivity contribution < 1.29 is 0 Å². The fourth-order valence-corrected chi connectivity index (χ4v) is 4.93. The summed E-state index contributed by atoms with van der Waals surface area (Å²) in [5.74, 6) is 0. The quantitative estimate of drug-likeness (QED) is 0.241. The summed E-state index contributed by atoms with van der Waals surface area (Å²) in [6.45, 7) is 2.23. The minimum absolute atomic E-state index is 1.11. The predicted molar refractivity (Wildman–Crippen MR) is 144 cm³/mol. The standard InChI is InChI=1S/C31H27NS/c1-2-7-24-11-17-28(18-12-24)32(30-21-15-27(16-22-30)31-10-6-23-33-31)29-19-13-26(14-20-29)25-8-4-3-5-9-25/h3-6,8-23H,2,7H2,1H3. The van der Waals surface area contributed by atoms with E-state index in [1.807, 2.05) is 0 Å². The molecule has 2 heteroatoms. The molecule has 1 heterocycles. The van der Waals surface area contributed by atoms with Gasteiger partial charge in [-0.1, -0.05) is 86.1 Å². The number of rotatable bonds is 7. The lowest BCUT2D eigenvalue weighted by molar-refractivity contribution is 0.922. The molecule has 0 aliphatic carbocycles. The molecule has 0 N–H and O–H groups in total. The normalized spacial score (nSPS) is 10.8. The van der Waals surface area contributed by atoms with Crippen LogP contribution in [0.4, 0.5) is 17.1 Å². The van der Waals surface area contributed by atoms with Crippen LogP contribution in [-0.4, -0.2) is 0 Å². The van der Waals surface area contributed by atoms with Gasteiger partial charge in [-0.3, -0.25) is 0 Å². The van der Waals surface area contributed by atoms with Crippen LogP contribution in [0, 0.1) is 0 Å². The summed E-state index contributed by atoms with van der Waals surface area (Å²) >= 11 is 1.78. The molecule has 5 aromatic rings. The molecule has 1 nitrogen and oxygen atoms in total. The van der Waals surface area contributed by atoms with Gasteiger partial charge in [0.1, 0.15) is 0 Å². The monoisotopic (exact) mass is 445 g/mol. The molecule has 0 bridgehead atoms. The van der Waals surface area contributed by atoms with E-state index in [2.05, 4.69) is 132 Å². The van der Waals surface area contributed by atoms with E-state index < -0.39 is 0 Å². The Kier molecular flexibility index (Phi) is 6.37. The molecule has 0 radical (unpaired) electrons. The summed E-state index contributed by atoms with van der Waals surface area (Å²) in [5, 5.41) is 2.13. The number of thiophene rings is 1. The molecule has 5 rings (SSSR count). The molecule has 0 spiro atoms. The number of aryl methyl sites for hydroxylation is 1. The fourth-order valence-electron chi connectivity index (χ4n) is 4.20. The fraction of sp³-hybridized carbons (Fsp3) is 0.0968. The van der Waals surface area contributed by atoms with Crippen LogP contribution in [0.3, 0.4) is 0 Å². The SMILES string of the molecule is CCCc1ccc(N(c2ccc(-c3ccccc3)cc2)c2ccc(-c3cccs3)cc2)cc1. The molecule has 33 heavy (non-hydrogen) atoms. The number of benzene rings is 4. The molecule has 0 saturated carbocycles. The number of hydrogen-bond donors (Lipinski definition) is 0. The van der Waals surface area contributed by atoms with Crippen molar-refractivity contribution in [3.8, 4) is 21.6 Å². The first kappa shape index (κ1) is 21.2.